The van der Waals surface area contributed by atoms with Crippen LogP contribution < -0.4 is 10.9 Å². The molecule has 3 rings (SSSR count). The normalized spacial score (nSPS) is 17.5. The minimum atomic E-state index is -3.67. The van der Waals surface area contributed by atoms with Crippen molar-refractivity contribution in [2.24, 2.45) is 5.92 Å². The van der Waals surface area contributed by atoms with Gasteiger partial charge in [0.05, 0.1) is 10.5 Å². The maximum atomic E-state index is 13.2. The minimum Gasteiger partial charge on any atom is -0.352 e. The minimum absolute atomic E-state index is 0.141. The third kappa shape index (κ3) is 6.43. The van der Waals surface area contributed by atoms with Gasteiger partial charge in [-0.25, -0.2) is 8.42 Å². The first-order valence-electron chi connectivity index (χ1n) is 11.9. The Hall–Kier alpha value is -2.23. The Bertz CT molecular complexity index is 1130. The topological polar surface area (TPSA) is 103 Å². The van der Waals surface area contributed by atoms with Crippen LogP contribution in [0.2, 0.25) is 0 Å². The summed E-state index contributed by atoms with van der Waals surface area (Å²) in [5.74, 6) is -0.0591. The van der Waals surface area contributed by atoms with Crippen molar-refractivity contribution < 1.29 is 13.2 Å². The van der Waals surface area contributed by atoms with Gasteiger partial charge in [-0.3, -0.25) is 9.59 Å². The van der Waals surface area contributed by atoms with Crippen LogP contribution >= 0.6 is 0 Å². The Kier molecular flexibility index (Phi) is 8.67. The lowest BCUT2D eigenvalue weighted by molar-refractivity contribution is 0.0953. The summed E-state index contributed by atoms with van der Waals surface area (Å²) in [7, 11) is -1.61. The molecule has 1 amide bonds. The van der Waals surface area contributed by atoms with Gasteiger partial charge in [0.15, 0.2) is 0 Å². The van der Waals surface area contributed by atoms with Crippen LogP contribution in [-0.4, -0.2) is 68.3 Å². The van der Waals surface area contributed by atoms with E-state index in [1.165, 1.54) is 22.5 Å². The number of hydrogen-bond acceptors (Lipinski definition) is 5. The lowest BCUT2D eigenvalue weighted by atomic mass is 10.0. The van der Waals surface area contributed by atoms with E-state index in [1.54, 1.807) is 6.07 Å². The number of amides is 1. The number of H-pyrrole nitrogens is 1. The van der Waals surface area contributed by atoms with Crippen LogP contribution in [0.3, 0.4) is 0 Å². The average Bonchev–Trinajstić information content (AvgIpc) is 2.79. The highest BCUT2D eigenvalue weighted by molar-refractivity contribution is 7.89. The van der Waals surface area contributed by atoms with Gasteiger partial charge in [-0.15, -0.1) is 0 Å². The van der Waals surface area contributed by atoms with Crippen molar-refractivity contribution in [3.63, 3.8) is 0 Å². The summed E-state index contributed by atoms with van der Waals surface area (Å²) in [4.78, 5) is 30.1. The van der Waals surface area contributed by atoms with E-state index in [9.17, 15) is 18.0 Å². The number of carbonyl (C=O) groups is 1. The van der Waals surface area contributed by atoms with Crippen LogP contribution in [0, 0.1) is 5.92 Å². The third-order valence-corrected chi connectivity index (χ3v) is 8.07. The van der Waals surface area contributed by atoms with Crippen LogP contribution in [0.15, 0.2) is 34.0 Å². The van der Waals surface area contributed by atoms with Crippen LogP contribution in [-0.2, 0) is 10.0 Å². The van der Waals surface area contributed by atoms with E-state index >= 15 is 0 Å². The first-order valence-corrected chi connectivity index (χ1v) is 13.3. The van der Waals surface area contributed by atoms with Gasteiger partial charge in [0, 0.05) is 36.6 Å². The number of rotatable bonds is 10. The Morgan fingerprint density at radius 1 is 1.24 bits per heavy atom. The molecule has 0 bridgehead atoms. The highest BCUT2D eigenvalue weighted by Crippen LogP contribution is 2.26. The number of carbonyl (C=O) groups excluding carboxylic acids is 1. The second kappa shape index (κ2) is 11.3. The molecule has 1 unspecified atom stereocenters. The number of piperidine rings is 1. The smallest absolute Gasteiger partial charge is 0.252 e. The molecular weight excluding hydrogens is 440 g/mol. The van der Waals surface area contributed by atoms with Crippen molar-refractivity contribution in [3.05, 3.63) is 40.2 Å². The van der Waals surface area contributed by atoms with Gasteiger partial charge >= 0.3 is 0 Å². The maximum Gasteiger partial charge on any atom is 0.252 e. The Morgan fingerprint density at radius 2 is 2.00 bits per heavy atom. The number of sulfonamides is 1. The van der Waals surface area contributed by atoms with Crippen LogP contribution in [0.1, 0.15) is 56.3 Å². The van der Waals surface area contributed by atoms with E-state index in [0.717, 1.165) is 45.2 Å². The quantitative estimate of drug-likeness (QED) is 0.514. The van der Waals surface area contributed by atoms with E-state index in [1.807, 2.05) is 0 Å². The fourth-order valence-corrected chi connectivity index (χ4v) is 5.91. The fourth-order valence-electron chi connectivity index (χ4n) is 4.28. The second-order valence-corrected chi connectivity index (χ2v) is 11.1. The van der Waals surface area contributed by atoms with Crippen LogP contribution in [0.4, 0.5) is 0 Å². The SMILES string of the molecule is CCCCN(C)CCCNC(=O)c1cc(=O)[nH]c2ccc(S(=O)(=O)N3CCCC(C)C3)cc12. The molecule has 33 heavy (non-hydrogen) atoms. The molecule has 8 nitrogen and oxygen atoms in total. The number of hydrogen-bond donors (Lipinski definition) is 2. The molecule has 0 radical (unpaired) electrons. The second-order valence-electron chi connectivity index (χ2n) is 9.13. The summed E-state index contributed by atoms with van der Waals surface area (Å²) in [5.41, 5.74) is 0.238. The number of pyridine rings is 1. The summed E-state index contributed by atoms with van der Waals surface area (Å²) in [6, 6.07) is 5.81. The van der Waals surface area contributed by atoms with Gasteiger partial charge in [-0.05, 0) is 69.9 Å². The van der Waals surface area contributed by atoms with Gasteiger partial charge in [0.1, 0.15) is 0 Å². The predicted molar refractivity (Wildman–Crippen MR) is 131 cm³/mol. The van der Waals surface area contributed by atoms with E-state index in [2.05, 4.69) is 36.1 Å². The van der Waals surface area contributed by atoms with Gasteiger partial charge in [-0.2, -0.15) is 4.31 Å². The number of aromatic nitrogens is 1. The standard InChI is InChI=1S/C24H36N4O4S/c1-4-5-12-27(3)13-7-11-25-24(30)21-16-23(29)26-22-10-9-19(15-20(21)22)33(31,32)28-14-6-8-18(2)17-28/h9-10,15-16,18H,4-8,11-14,17H2,1-3H3,(H,25,30)(H,26,29). The van der Waals surface area contributed by atoms with E-state index < -0.39 is 15.6 Å². The summed E-state index contributed by atoms with van der Waals surface area (Å²) in [6.07, 6.45) is 4.93. The number of aromatic amines is 1. The molecule has 1 fully saturated rings. The van der Waals surface area contributed by atoms with Crippen LogP contribution in [0.5, 0.6) is 0 Å². The Balaban J connectivity index is 1.79. The van der Waals surface area contributed by atoms with Crippen molar-refractivity contribution in [2.45, 2.75) is 50.8 Å². The molecule has 2 heterocycles. The molecule has 182 valence electrons. The average molecular weight is 477 g/mol. The molecule has 1 aromatic carbocycles. The van der Waals surface area contributed by atoms with Crippen molar-refractivity contribution >= 4 is 26.8 Å². The zero-order chi connectivity index (χ0) is 24.0. The van der Waals surface area contributed by atoms with Gasteiger partial charge < -0.3 is 15.2 Å². The summed E-state index contributed by atoms with van der Waals surface area (Å²) in [5, 5.41) is 3.31. The summed E-state index contributed by atoms with van der Waals surface area (Å²) in [6.45, 7) is 7.57. The maximum absolute atomic E-state index is 13.2. The largest absolute Gasteiger partial charge is 0.352 e. The fraction of sp³-hybridized carbons (Fsp3) is 0.583. The summed E-state index contributed by atoms with van der Waals surface area (Å²) >= 11 is 0. The molecule has 1 saturated heterocycles. The first-order chi connectivity index (χ1) is 15.7. The number of nitrogens with zero attached hydrogens (tertiary/aromatic N) is 2. The number of unbranched alkanes of at least 4 members (excludes halogenated alkanes) is 1. The van der Waals surface area contributed by atoms with Crippen LogP contribution in [0.25, 0.3) is 10.9 Å². The third-order valence-electron chi connectivity index (χ3n) is 6.21. The zero-order valence-electron chi connectivity index (χ0n) is 19.9. The van der Waals surface area contributed by atoms with E-state index in [0.29, 0.717) is 36.5 Å². The van der Waals surface area contributed by atoms with Crippen molar-refractivity contribution in [3.8, 4) is 0 Å². The molecule has 0 saturated carbocycles. The Labute approximate surface area is 196 Å². The molecule has 1 atom stereocenters. The van der Waals surface area contributed by atoms with E-state index in [4.69, 9.17) is 0 Å². The van der Waals surface area contributed by atoms with Crippen molar-refractivity contribution in [1.29, 1.82) is 0 Å². The molecule has 2 aromatic rings. The molecule has 0 aliphatic carbocycles. The molecular formula is C24H36N4O4S. The highest BCUT2D eigenvalue weighted by atomic mass is 32.2. The Morgan fingerprint density at radius 3 is 2.73 bits per heavy atom. The highest BCUT2D eigenvalue weighted by Gasteiger charge is 2.29. The van der Waals surface area contributed by atoms with E-state index in [-0.39, 0.29) is 16.4 Å². The zero-order valence-corrected chi connectivity index (χ0v) is 20.7. The molecule has 1 aromatic heterocycles. The van der Waals surface area contributed by atoms with Gasteiger partial charge in [0.25, 0.3) is 5.91 Å². The predicted octanol–water partition coefficient (Wildman–Crippen LogP) is 2.80. The molecule has 0 spiro atoms. The molecule has 1 aliphatic heterocycles. The summed E-state index contributed by atoms with van der Waals surface area (Å²) < 4.78 is 28.0. The molecule has 2 N–H and O–H groups in total. The van der Waals surface area contributed by atoms with Gasteiger partial charge in [0.2, 0.25) is 15.6 Å². The number of benzene rings is 1. The number of nitrogens with one attached hydrogen (secondary N) is 2. The number of fused-ring (bicyclic) bond motifs is 1. The van der Waals surface area contributed by atoms with Crippen molar-refractivity contribution in [1.82, 2.24) is 19.5 Å². The van der Waals surface area contributed by atoms with Crippen molar-refractivity contribution in [2.75, 3.05) is 39.8 Å². The molecule has 9 heteroatoms. The lowest BCUT2D eigenvalue weighted by Gasteiger charge is -2.30. The van der Waals surface area contributed by atoms with Gasteiger partial charge in [-0.1, -0.05) is 20.3 Å². The first kappa shape index (κ1) is 25.4. The monoisotopic (exact) mass is 476 g/mol. The lowest BCUT2D eigenvalue weighted by Crippen LogP contribution is -2.39. The molecule has 1 aliphatic rings.